The van der Waals surface area contributed by atoms with Gasteiger partial charge in [-0.15, -0.1) is 0 Å². The lowest BCUT2D eigenvalue weighted by Gasteiger charge is -2.12. The van der Waals surface area contributed by atoms with Gasteiger partial charge < -0.3 is 5.73 Å². The van der Waals surface area contributed by atoms with Crippen molar-refractivity contribution in [2.24, 2.45) is 11.7 Å². The third-order valence-corrected chi connectivity index (χ3v) is 2.54. The smallest absolute Gasteiger partial charge is 0.166 e. The van der Waals surface area contributed by atoms with Crippen molar-refractivity contribution in [2.45, 2.75) is 18.9 Å². The fourth-order valence-electron chi connectivity index (χ4n) is 1.54. The van der Waals surface area contributed by atoms with Gasteiger partial charge in [0.15, 0.2) is 11.6 Å². The third-order valence-electron chi connectivity index (χ3n) is 2.54. The van der Waals surface area contributed by atoms with Crippen molar-refractivity contribution < 1.29 is 13.2 Å². The van der Waals surface area contributed by atoms with Crippen LogP contribution in [-0.4, -0.2) is 0 Å². The molecule has 0 aromatic heterocycles. The van der Waals surface area contributed by atoms with Crippen LogP contribution in [0.15, 0.2) is 12.1 Å². The van der Waals surface area contributed by atoms with Crippen molar-refractivity contribution in [2.75, 3.05) is 0 Å². The van der Waals surface area contributed by atoms with Crippen molar-refractivity contribution in [3.63, 3.8) is 0 Å². The van der Waals surface area contributed by atoms with Gasteiger partial charge in [0, 0.05) is 11.6 Å². The molecule has 76 valence electrons. The Morgan fingerprint density at radius 3 is 2.29 bits per heavy atom. The third kappa shape index (κ3) is 1.50. The maximum Gasteiger partial charge on any atom is 0.166 e. The molecule has 0 heterocycles. The zero-order chi connectivity index (χ0) is 10.3. The normalized spacial score (nSPS) is 18.3. The number of benzene rings is 1. The first-order valence-corrected chi connectivity index (χ1v) is 4.50. The maximum atomic E-state index is 13.2. The van der Waals surface area contributed by atoms with Crippen LogP contribution >= 0.6 is 0 Å². The molecule has 0 radical (unpaired) electrons. The van der Waals surface area contributed by atoms with E-state index in [1.165, 1.54) is 0 Å². The first-order chi connectivity index (χ1) is 6.61. The van der Waals surface area contributed by atoms with Crippen LogP contribution in [0, 0.1) is 23.4 Å². The Morgan fingerprint density at radius 1 is 1.14 bits per heavy atom. The summed E-state index contributed by atoms with van der Waals surface area (Å²) in [5.74, 6) is -2.86. The van der Waals surface area contributed by atoms with Crippen LogP contribution in [0.3, 0.4) is 0 Å². The van der Waals surface area contributed by atoms with E-state index in [9.17, 15) is 13.2 Å². The van der Waals surface area contributed by atoms with E-state index >= 15 is 0 Å². The summed E-state index contributed by atoms with van der Waals surface area (Å²) in [7, 11) is 0. The number of hydrogen-bond donors (Lipinski definition) is 1. The summed E-state index contributed by atoms with van der Waals surface area (Å²) in [5, 5.41) is 0. The molecule has 0 spiro atoms. The molecule has 1 aliphatic carbocycles. The van der Waals surface area contributed by atoms with Gasteiger partial charge in [-0.05, 0) is 30.9 Å². The fourth-order valence-corrected chi connectivity index (χ4v) is 1.54. The lowest BCUT2D eigenvalue weighted by atomic mass is 10.0. The molecule has 0 amide bonds. The van der Waals surface area contributed by atoms with E-state index in [0.29, 0.717) is 0 Å². The van der Waals surface area contributed by atoms with Crippen molar-refractivity contribution in [3.05, 3.63) is 35.1 Å². The quantitative estimate of drug-likeness (QED) is 0.731. The SMILES string of the molecule is N[C@@H](c1c(F)ccc(F)c1F)C1CC1. The molecule has 1 fully saturated rings. The van der Waals surface area contributed by atoms with Crippen molar-refractivity contribution in [1.29, 1.82) is 0 Å². The summed E-state index contributed by atoms with van der Waals surface area (Å²) in [4.78, 5) is 0. The van der Waals surface area contributed by atoms with E-state index in [1.807, 2.05) is 0 Å². The average molecular weight is 201 g/mol. The lowest BCUT2D eigenvalue weighted by molar-refractivity contribution is 0.454. The van der Waals surface area contributed by atoms with Gasteiger partial charge in [0.2, 0.25) is 0 Å². The molecule has 1 atom stereocenters. The zero-order valence-electron chi connectivity index (χ0n) is 7.43. The second kappa shape index (κ2) is 3.28. The fraction of sp³-hybridized carbons (Fsp3) is 0.400. The molecule has 1 aromatic rings. The van der Waals surface area contributed by atoms with E-state index < -0.39 is 23.5 Å². The van der Waals surface area contributed by atoms with Gasteiger partial charge in [-0.25, -0.2) is 13.2 Å². The van der Waals surface area contributed by atoms with Crippen LogP contribution in [0.5, 0.6) is 0 Å². The molecule has 14 heavy (non-hydrogen) atoms. The molecule has 2 rings (SSSR count). The average Bonchev–Trinajstić information content (AvgIpc) is 2.95. The molecular formula is C10H10F3N. The topological polar surface area (TPSA) is 26.0 Å². The van der Waals surface area contributed by atoms with E-state index in [1.54, 1.807) is 0 Å². The van der Waals surface area contributed by atoms with Crippen molar-refractivity contribution >= 4 is 0 Å². The highest BCUT2D eigenvalue weighted by atomic mass is 19.2. The van der Waals surface area contributed by atoms with E-state index in [0.717, 1.165) is 25.0 Å². The number of halogens is 3. The summed E-state index contributed by atoms with van der Waals surface area (Å²) < 4.78 is 39.2. The van der Waals surface area contributed by atoms with E-state index in [2.05, 4.69) is 0 Å². The van der Waals surface area contributed by atoms with Crippen LogP contribution in [0.2, 0.25) is 0 Å². The predicted octanol–water partition coefficient (Wildman–Crippen LogP) is 2.51. The van der Waals surface area contributed by atoms with Gasteiger partial charge in [0.1, 0.15) is 5.82 Å². The van der Waals surface area contributed by atoms with E-state index in [4.69, 9.17) is 5.73 Å². The second-order valence-electron chi connectivity index (χ2n) is 3.62. The molecule has 1 aliphatic rings. The van der Waals surface area contributed by atoms with Gasteiger partial charge in [-0.1, -0.05) is 0 Å². The minimum Gasteiger partial charge on any atom is -0.324 e. The Bertz CT molecular complexity index is 361. The number of hydrogen-bond acceptors (Lipinski definition) is 1. The predicted molar refractivity (Wildman–Crippen MR) is 46.0 cm³/mol. The van der Waals surface area contributed by atoms with Crippen LogP contribution in [0.1, 0.15) is 24.4 Å². The minimum absolute atomic E-state index is 0.0980. The Hall–Kier alpha value is -1.03. The molecule has 1 nitrogen and oxygen atoms in total. The van der Waals surface area contributed by atoms with Crippen molar-refractivity contribution in [1.82, 2.24) is 0 Å². The standard InChI is InChI=1S/C10H10F3N/c11-6-3-4-7(12)9(13)8(6)10(14)5-1-2-5/h3-5,10H,1-2,14H2/t10-/m1/s1. The Morgan fingerprint density at radius 2 is 1.71 bits per heavy atom. The molecule has 2 N–H and O–H groups in total. The van der Waals surface area contributed by atoms with Gasteiger partial charge in [0.25, 0.3) is 0 Å². The van der Waals surface area contributed by atoms with Crippen LogP contribution < -0.4 is 5.73 Å². The highest BCUT2D eigenvalue weighted by molar-refractivity contribution is 5.25. The summed E-state index contributed by atoms with van der Waals surface area (Å²) in [6, 6.07) is 0.967. The first kappa shape index (κ1) is 9.52. The molecule has 1 aromatic carbocycles. The molecule has 1 saturated carbocycles. The maximum absolute atomic E-state index is 13.2. The molecule has 0 unspecified atom stereocenters. The summed E-state index contributed by atoms with van der Waals surface area (Å²) in [5.41, 5.74) is 5.31. The molecule has 4 heteroatoms. The number of nitrogens with two attached hydrogens (primary N) is 1. The monoisotopic (exact) mass is 201 g/mol. The van der Waals surface area contributed by atoms with Gasteiger partial charge in [-0.2, -0.15) is 0 Å². The number of rotatable bonds is 2. The van der Waals surface area contributed by atoms with Gasteiger partial charge in [0.05, 0.1) is 0 Å². The van der Waals surface area contributed by atoms with Gasteiger partial charge >= 0.3 is 0 Å². The van der Waals surface area contributed by atoms with Crippen molar-refractivity contribution in [3.8, 4) is 0 Å². The molecular weight excluding hydrogens is 191 g/mol. The molecule has 0 bridgehead atoms. The molecule has 0 aliphatic heterocycles. The molecule has 0 saturated heterocycles. The largest absolute Gasteiger partial charge is 0.324 e. The zero-order valence-corrected chi connectivity index (χ0v) is 7.43. The minimum atomic E-state index is -1.15. The first-order valence-electron chi connectivity index (χ1n) is 4.50. The summed E-state index contributed by atoms with van der Waals surface area (Å²) in [6.07, 6.45) is 1.72. The Kier molecular flexibility index (Phi) is 2.23. The Labute approximate surface area is 79.7 Å². The Balaban J connectivity index is 2.43. The highest BCUT2D eigenvalue weighted by Gasteiger charge is 2.33. The van der Waals surface area contributed by atoms with Gasteiger partial charge in [-0.3, -0.25) is 0 Å². The van der Waals surface area contributed by atoms with Crippen LogP contribution in [-0.2, 0) is 0 Å². The summed E-state index contributed by atoms with van der Waals surface area (Å²) >= 11 is 0. The second-order valence-corrected chi connectivity index (χ2v) is 3.62. The van der Waals surface area contributed by atoms with Crippen LogP contribution in [0.25, 0.3) is 0 Å². The lowest BCUT2D eigenvalue weighted by Crippen LogP contribution is -2.17. The van der Waals surface area contributed by atoms with E-state index in [-0.39, 0.29) is 11.5 Å². The van der Waals surface area contributed by atoms with Crippen LogP contribution in [0.4, 0.5) is 13.2 Å². The highest BCUT2D eigenvalue weighted by Crippen LogP contribution is 2.41. The summed E-state index contributed by atoms with van der Waals surface area (Å²) in [6.45, 7) is 0.